The van der Waals surface area contributed by atoms with E-state index >= 15 is 0 Å². The number of halogens is 4. The van der Waals surface area contributed by atoms with Crippen molar-refractivity contribution < 1.29 is 27.9 Å². The molecule has 6 nitrogen and oxygen atoms in total. The largest absolute Gasteiger partial charge is 0.426 e. The van der Waals surface area contributed by atoms with Gasteiger partial charge in [-0.2, -0.15) is 13.2 Å². The first kappa shape index (κ1) is 27.0. The molecular formula is C26H35ClF3N3O3. The van der Waals surface area contributed by atoms with E-state index in [0.29, 0.717) is 35.3 Å². The van der Waals surface area contributed by atoms with Crippen LogP contribution in [0.3, 0.4) is 0 Å². The topological polar surface area (TPSA) is 64.1 Å². The maximum atomic E-state index is 13.8. The molecule has 200 valence electrons. The minimum Gasteiger partial charge on any atom is -0.372 e. The van der Waals surface area contributed by atoms with E-state index in [-0.39, 0.29) is 31.8 Å². The molecule has 2 aliphatic heterocycles. The number of aliphatic hydroxyl groups is 1. The fourth-order valence-electron chi connectivity index (χ4n) is 5.82. The second-order valence-electron chi connectivity index (χ2n) is 11.1. The van der Waals surface area contributed by atoms with Gasteiger partial charge in [-0.1, -0.05) is 18.5 Å². The Balaban J connectivity index is 1.32. The number of rotatable bonds is 5. The molecule has 1 aromatic carbocycles. The third kappa shape index (κ3) is 4.80. The molecule has 2 saturated heterocycles. The number of piperidine rings is 2. The van der Waals surface area contributed by atoms with Crippen molar-refractivity contribution in [1.82, 2.24) is 9.80 Å². The Hall–Kier alpha value is -2.00. The highest BCUT2D eigenvalue weighted by atomic mass is 35.5. The number of anilines is 1. The lowest BCUT2D eigenvalue weighted by Gasteiger charge is -2.44. The normalized spacial score (nSPS) is 22.8. The van der Waals surface area contributed by atoms with Crippen molar-refractivity contribution in [3.8, 4) is 0 Å². The van der Waals surface area contributed by atoms with Gasteiger partial charge in [0.25, 0.3) is 11.8 Å². The first-order valence-corrected chi connectivity index (χ1v) is 13.0. The molecule has 0 bridgehead atoms. The fourth-order valence-corrected chi connectivity index (χ4v) is 6.07. The molecule has 0 aromatic heterocycles. The quantitative estimate of drug-likeness (QED) is 0.606. The fraction of sp³-hybridized carbons (Fsp3) is 0.692. The van der Waals surface area contributed by atoms with Crippen LogP contribution in [0.1, 0.15) is 55.8 Å². The maximum absolute atomic E-state index is 13.8. The lowest BCUT2D eigenvalue weighted by molar-refractivity contribution is -0.276. The molecule has 36 heavy (non-hydrogen) atoms. The van der Waals surface area contributed by atoms with Crippen molar-refractivity contribution in [2.75, 3.05) is 45.2 Å². The van der Waals surface area contributed by atoms with Crippen molar-refractivity contribution >= 4 is 29.1 Å². The highest BCUT2D eigenvalue weighted by Crippen LogP contribution is 2.59. The zero-order chi connectivity index (χ0) is 26.5. The molecule has 4 rings (SSSR count). The van der Waals surface area contributed by atoms with Crippen LogP contribution < -0.4 is 4.90 Å². The molecule has 1 unspecified atom stereocenters. The Kier molecular flexibility index (Phi) is 7.29. The van der Waals surface area contributed by atoms with Crippen LogP contribution in [0.2, 0.25) is 5.02 Å². The summed E-state index contributed by atoms with van der Waals surface area (Å²) in [5.41, 5.74) is -3.29. The minimum atomic E-state index is -4.99. The maximum Gasteiger partial charge on any atom is 0.426 e. The van der Waals surface area contributed by atoms with Gasteiger partial charge in [0.05, 0.1) is 10.6 Å². The van der Waals surface area contributed by atoms with E-state index in [9.17, 15) is 27.9 Å². The lowest BCUT2D eigenvalue weighted by atomic mass is 9.77. The smallest absolute Gasteiger partial charge is 0.372 e. The van der Waals surface area contributed by atoms with E-state index in [2.05, 4.69) is 4.90 Å². The van der Waals surface area contributed by atoms with Crippen molar-refractivity contribution in [3.63, 3.8) is 0 Å². The third-order valence-corrected chi connectivity index (χ3v) is 8.89. The van der Waals surface area contributed by atoms with E-state index < -0.39 is 23.1 Å². The van der Waals surface area contributed by atoms with E-state index in [1.54, 1.807) is 20.2 Å². The molecule has 2 amide bonds. The molecule has 10 heteroatoms. The molecule has 1 aliphatic carbocycles. The molecular weight excluding hydrogens is 495 g/mol. The minimum absolute atomic E-state index is 0.144. The standard InChI is InChI=1S/C26H35ClF3N3O3/c1-24(10-11-24)25(36,26(28,29)30)23(35)33-14-8-18(9-15-33)17-6-12-32(13-7-17)19-4-5-20(21(27)16-19)22(34)31(2)3/h4-5,16-18,36H,6-15H2,1-3H3. The Labute approximate surface area is 215 Å². The molecule has 0 spiro atoms. The summed E-state index contributed by atoms with van der Waals surface area (Å²) in [6.45, 7) is 3.49. The van der Waals surface area contributed by atoms with Crippen LogP contribution in [0.5, 0.6) is 0 Å². The summed E-state index contributed by atoms with van der Waals surface area (Å²) in [7, 11) is 3.36. The number of benzene rings is 1. The number of nitrogens with zero attached hydrogens (tertiary/aromatic N) is 3. The summed E-state index contributed by atoms with van der Waals surface area (Å²) >= 11 is 6.37. The summed E-state index contributed by atoms with van der Waals surface area (Å²) < 4.78 is 41.3. The van der Waals surface area contributed by atoms with Gasteiger partial charge in [-0.25, -0.2) is 0 Å². The first-order chi connectivity index (χ1) is 16.8. The predicted molar refractivity (Wildman–Crippen MR) is 132 cm³/mol. The second-order valence-corrected chi connectivity index (χ2v) is 11.5. The molecule has 1 N–H and O–H groups in total. The van der Waals surface area contributed by atoms with Gasteiger partial charge in [0.2, 0.25) is 5.60 Å². The highest BCUT2D eigenvalue weighted by Gasteiger charge is 2.73. The Morgan fingerprint density at radius 3 is 2.00 bits per heavy atom. The van der Waals surface area contributed by atoms with Crippen LogP contribution in [0.25, 0.3) is 0 Å². The Bertz CT molecular complexity index is 991. The van der Waals surface area contributed by atoms with E-state index in [4.69, 9.17) is 11.6 Å². The van der Waals surface area contributed by atoms with Crippen molar-refractivity contribution in [2.24, 2.45) is 17.3 Å². The average molecular weight is 530 g/mol. The predicted octanol–water partition coefficient (Wildman–Crippen LogP) is 4.59. The Morgan fingerprint density at radius 2 is 1.56 bits per heavy atom. The van der Waals surface area contributed by atoms with Gasteiger partial charge in [-0.3, -0.25) is 9.59 Å². The van der Waals surface area contributed by atoms with Gasteiger partial charge in [-0.15, -0.1) is 0 Å². The Morgan fingerprint density at radius 1 is 1.03 bits per heavy atom. The van der Waals surface area contributed by atoms with Crippen LogP contribution in [0, 0.1) is 17.3 Å². The number of carbonyl (C=O) groups is 2. The molecule has 2 heterocycles. The summed E-state index contributed by atoms with van der Waals surface area (Å²) in [5, 5.41) is 11.0. The number of hydrogen-bond acceptors (Lipinski definition) is 4. The second kappa shape index (κ2) is 9.71. The number of likely N-dealkylation sites (tertiary alicyclic amines) is 1. The van der Waals surface area contributed by atoms with Gasteiger partial charge in [-0.05, 0) is 68.6 Å². The monoisotopic (exact) mass is 529 g/mol. The van der Waals surface area contributed by atoms with Gasteiger partial charge < -0.3 is 19.8 Å². The summed E-state index contributed by atoms with van der Waals surface area (Å²) in [4.78, 5) is 30.1. The van der Waals surface area contributed by atoms with Gasteiger partial charge in [0, 0.05) is 51.4 Å². The summed E-state index contributed by atoms with van der Waals surface area (Å²) in [6.07, 6.45) is -1.41. The number of alkyl halides is 3. The van der Waals surface area contributed by atoms with Crippen LogP contribution in [0.4, 0.5) is 18.9 Å². The van der Waals surface area contributed by atoms with Crippen LogP contribution >= 0.6 is 11.6 Å². The average Bonchev–Trinajstić information content (AvgIpc) is 3.60. The molecule has 3 aliphatic rings. The van der Waals surface area contributed by atoms with E-state index in [0.717, 1.165) is 31.6 Å². The summed E-state index contributed by atoms with van der Waals surface area (Å²) in [5.74, 6) is -0.548. The number of carbonyl (C=O) groups excluding carboxylic acids is 2. The zero-order valence-electron chi connectivity index (χ0n) is 21.1. The third-order valence-electron chi connectivity index (χ3n) is 8.58. The zero-order valence-corrected chi connectivity index (χ0v) is 21.8. The lowest BCUT2D eigenvalue weighted by Crippen LogP contribution is -2.63. The molecule has 1 saturated carbocycles. The first-order valence-electron chi connectivity index (χ1n) is 12.6. The molecule has 1 aromatic rings. The van der Waals surface area contributed by atoms with Gasteiger partial charge in [0.15, 0.2) is 0 Å². The van der Waals surface area contributed by atoms with Crippen LogP contribution in [0.15, 0.2) is 18.2 Å². The van der Waals surface area contributed by atoms with E-state index in [1.165, 1.54) is 16.7 Å². The van der Waals surface area contributed by atoms with E-state index in [1.807, 2.05) is 12.1 Å². The van der Waals surface area contributed by atoms with Crippen LogP contribution in [-0.4, -0.2) is 78.8 Å². The van der Waals surface area contributed by atoms with Gasteiger partial charge in [0.1, 0.15) is 0 Å². The van der Waals surface area contributed by atoms with Crippen molar-refractivity contribution in [3.05, 3.63) is 28.8 Å². The van der Waals surface area contributed by atoms with Crippen LogP contribution in [-0.2, 0) is 4.79 Å². The number of hydrogen-bond donors (Lipinski definition) is 1. The molecule has 3 fully saturated rings. The van der Waals surface area contributed by atoms with Crippen molar-refractivity contribution in [1.29, 1.82) is 0 Å². The van der Waals surface area contributed by atoms with Gasteiger partial charge >= 0.3 is 6.18 Å². The molecule has 0 radical (unpaired) electrons. The SMILES string of the molecule is CN(C)C(=O)c1ccc(N2CCC(C3CCN(C(=O)C(O)(C(F)(F)F)C4(C)CC4)CC3)CC2)cc1Cl. The van der Waals surface area contributed by atoms with Crippen molar-refractivity contribution in [2.45, 2.75) is 57.2 Å². The molecule has 1 atom stereocenters. The summed E-state index contributed by atoms with van der Waals surface area (Å²) in [6, 6.07) is 5.49. The number of amides is 2. The highest BCUT2D eigenvalue weighted by molar-refractivity contribution is 6.34.